The third-order valence-electron chi connectivity index (χ3n) is 6.86. The van der Waals surface area contributed by atoms with Crippen LogP contribution in [-0.2, 0) is 26.8 Å². The van der Waals surface area contributed by atoms with E-state index in [-0.39, 0.29) is 17.3 Å². The first-order valence-electron chi connectivity index (χ1n) is 10.7. The Morgan fingerprint density at radius 2 is 1.42 bits per heavy atom. The number of rotatable bonds is 6. The van der Waals surface area contributed by atoms with Crippen LogP contribution < -0.4 is 0 Å². The molecule has 4 nitrogen and oxygen atoms in total. The summed E-state index contributed by atoms with van der Waals surface area (Å²) in [5, 5.41) is 18.2. The molecular weight excluding hydrogens is 388 g/mol. The smallest absolute Gasteiger partial charge is 0.318 e. The molecule has 3 rings (SSSR count). The van der Waals surface area contributed by atoms with Crippen molar-refractivity contribution in [1.29, 1.82) is 0 Å². The summed E-state index contributed by atoms with van der Waals surface area (Å²) in [5.41, 5.74) is 7.91. The van der Waals surface area contributed by atoms with Gasteiger partial charge in [-0.3, -0.25) is 9.59 Å². The zero-order valence-corrected chi connectivity index (χ0v) is 19.1. The summed E-state index contributed by atoms with van der Waals surface area (Å²) in [7, 11) is 0. The molecule has 2 aromatic rings. The average Bonchev–Trinajstić information content (AvgIpc) is 2.69. The minimum atomic E-state index is -1.44. The van der Waals surface area contributed by atoms with Crippen LogP contribution in [-0.4, -0.2) is 22.2 Å². The molecule has 164 valence electrons. The highest BCUT2D eigenvalue weighted by Gasteiger charge is 2.37. The maximum atomic E-state index is 11.2. The standard InChI is InChI=1S/C27H32O4/c1-16-13-22-23(27(5,6)12-11-26(22,3)4)15-20(16)17(2)19-9-7-18(8-10-19)14-21(24(28)29)25(30)31/h7-10,13,15,21H,2,11-12,14H2,1,3-6H3,(H,28,29)(H,30,31). The van der Waals surface area contributed by atoms with E-state index >= 15 is 0 Å². The monoisotopic (exact) mass is 420 g/mol. The lowest BCUT2D eigenvalue weighted by molar-refractivity contribution is -0.154. The highest BCUT2D eigenvalue weighted by atomic mass is 16.4. The van der Waals surface area contributed by atoms with E-state index in [1.54, 1.807) is 12.1 Å². The molecule has 2 N–H and O–H groups in total. The number of carbonyl (C=O) groups is 2. The molecule has 0 spiro atoms. The maximum Gasteiger partial charge on any atom is 0.318 e. The summed E-state index contributed by atoms with van der Waals surface area (Å²) in [4.78, 5) is 22.3. The summed E-state index contributed by atoms with van der Waals surface area (Å²) in [6, 6.07) is 12.0. The first-order valence-corrected chi connectivity index (χ1v) is 10.7. The Bertz CT molecular complexity index is 1030. The van der Waals surface area contributed by atoms with Gasteiger partial charge in [0.25, 0.3) is 0 Å². The van der Waals surface area contributed by atoms with Gasteiger partial charge in [0.05, 0.1) is 0 Å². The summed E-state index contributed by atoms with van der Waals surface area (Å²) in [6.07, 6.45) is 2.27. The van der Waals surface area contributed by atoms with E-state index < -0.39 is 17.9 Å². The fourth-order valence-electron chi connectivity index (χ4n) is 4.56. The van der Waals surface area contributed by atoms with Crippen molar-refractivity contribution in [2.45, 2.75) is 64.7 Å². The van der Waals surface area contributed by atoms with Crippen LogP contribution in [0.3, 0.4) is 0 Å². The Labute approximate surface area is 184 Å². The summed E-state index contributed by atoms with van der Waals surface area (Å²) in [6.45, 7) is 15.7. The predicted molar refractivity (Wildman–Crippen MR) is 124 cm³/mol. The number of hydrogen-bond donors (Lipinski definition) is 2. The van der Waals surface area contributed by atoms with E-state index in [0.29, 0.717) is 5.56 Å². The van der Waals surface area contributed by atoms with Crippen LogP contribution in [0.5, 0.6) is 0 Å². The quantitative estimate of drug-likeness (QED) is 0.585. The molecule has 0 atom stereocenters. The molecule has 2 aromatic carbocycles. The van der Waals surface area contributed by atoms with Crippen molar-refractivity contribution in [3.63, 3.8) is 0 Å². The van der Waals surface area contributed by atoms with Gasteiger partial charge in [-0.2, -0.15) is 0 Å². The van der Waals surface area contributed by atoms with Crippen LogP contribution >= 0.6 is 0 Å². The topological polar surface area (TPSA) is 74.6 Å². The van der Waals surface area contributed by atoms with E-state index in [0.717, 1.165) is 23.1 Å². The number of fused-ring (bicyclic) bond motifs is 1. The number of carboxylic acids is 2. The molecule has 0 aromatic heterocycles. The molecule has 0 radical (unpaired) electrons. The van der Waals surface area contributed by atoms with Gasteiger partial charge in [0, 0.05) is 0 Å². The van der Waals surface area contributed by atoms with Crippen molar-refractivity contribution in [2.24, 2.45) is 5.92 Å². The molecule has 1 aliphatic carbocycles. The van der Waals surface area contributed by atoms with Gasteiger partial charge < -0.3 is 10.2 Å². The van der Waals surface area contributed by atoms with Gasteiger partial charge in [-0.1, -0.05) is 70.7 Å². The zero-order valence-electron chi connectivity index (χ0n) is 19.1. The number of benzene rings is 2. The summed E-state index contributed by atoms with van der Waals surface area (Å²) >= 11 is 0. The number of aryl methyl sites for hydroxylation is 1. The van der Waals surface area contributed by atoms with E-state index in [4.69, 9.17) is 10.2 Å². The molecule has 0 saturated carbocycles. The second kappa shape index (κ2) is 7.99. The van der Waals surface area contributed by atoms with Gasteiger partial charge in [0.1, 0.15) is 0 Å². The SMILES string of the molecule is C=C(c1ccc(CC(C(=O)O)C(=O)O)cc1)c1cc2c(cc1C)C(C)(C)CCC2(C)C. The van der Waals surface area contributed by atoms with Gasteiger partial charge >= 0.3 is 11.9 Å². The molecular formula is C27H32O4. The maximum absolute atomic E-state index is 11.2. The molecule has 1 aliphatic rings. The van der Waals surface area contributed by atoms with Crippen LogP contribution in [0, 0.1) is 12.8 Å². The van der Waals surface area contributed by atoms with Crippen molar-refractivity contribution in [1.82, 2.24) is 0 Å². The molecule has 0 bridgehead atoms. The molecule has 0 aliphatic heterocycles. The van der Waals surface area contributed by atoms with E-state index in [1.165, 1.54) is 23.1 Å². The van der Waals surface area contributed by atoms with Gasteiger partial charge in [-0.25, -0.2) is 0 Å². The lowest BCUT2D eigenvalue weighted by atomic mass is 9.62. The molecule has 0 saturated heterocycles. The van der Waals surface area contributed by atoms with Crippen LogP contribution in [0.4, 0.5) is 0 Å². The van der Waals surface area contributed by atoms with Crippen LogP contribution in [0.1, 0.15) is 73.9 Å². The lowest BCUT2D eigenvalue weighted by Crippen LogP contribution is -2.34. The van der Waals surface area contributed by atoms with Crippen LogP contribution in [0.15, 0.2) is 43.0 Å². The van der Waals surface area contributed by atoms with Crippen molar-refractivity contribution >= 4 is 17.5 Å². The third kappa shape index (κ3) is 4.43. The molecule has 4 heteroatoms. The minimum absolute atomic E-state index is 0.0431. The average molecular weight is 421 g/mol. The fraction of sp³-hybridized carbons (Fsp3) is 0.407. The van der Waals surface area contributed by atoms with Gasteiger partial charge in [0.2, 0.25) is 0 Å². The van der Waals surface area contributed by atoms with Gasteiger partial charge in [-0.05, 0) is 76.0 Å². The molecule has 0 unspecified atom stereocenters. The Morgan fingerprint density at radius 3 is 1.90 bits per heavy atom. The fourth-order valence-corrected chi connectivity index (χ4v) is 4.56. The number of carboxylic acid groups (broad SMARTS) is 2. The Morgan fingerprint density at radius 1 is 0.935 bits per heavy atom. The number of aliphatic carboxylic acids is 2. The lowest BCUT2D eigenvalue weighted by Gasteiger charge is -2.42. The third-order valence-corrected chi connectivity index (χ3v) is 6.86. The van der Waals surface area contributed by atoms with E-state index in [9.17, 15) is 9.59 Å². The van der Waals surface area contributed by atoms with Crippen molar-refractivity contribution in [2.75, 3.05) is 0 Å². The predicted octanol–water partition coefficient (Wildman–Crippen LogP) is 5.73. The zero-order chi connectivity index (χ0) is 23.1. The first kappa shape index (κ1) is 22.8. The van der Waals surface area contributed by atoms with Crippen molar-refractivity contribution in [3.8, 4) is 0 Å². The Balaban J connectivity index is 1.93. The molecule has 31 heavy (non-hydrogen) atoms. The Kier molecular flexibility index (Phi) is 5.88. The second-order valence-electron chi connectivity index (χ2n) is 10.1. The summed E-state index contributed by atoms with van der Waals surface area (Å²) < 4.78 is 0. The second-order valence-corrected chi connectivity index (χ2v) is 10.1. The highest BCUT2D eigenvalue weighted by molar-refractivity contribution is 5.93. The van der Waals surface area contributed by atoms with Crippen molar-refractivity contribution in [3.05, 3.63) is 76.4 Å². The molecule has 0 fully saturated rings. The van der Waals surface area contributed by atoms with Crippen molar-refractivity contribution < 1.29 is 19.8 Å². The number of hydrogen-bond acceptors (Lipinski definition) is 2. The highest BCUT2D eigenvalue weighted by Crippen LogP contribution is 2.47. The normalized spacial score (nSPS) is 16.6. The Hall–Kier alpha value is -2.88. The van der Waals surface area contributed by atoms with Gasteiger partial charge in [0.15, 0.2) is 5.92 Å². The van der Waals surface area contributed by atoms with Gasteiger partial charge in [-0.15, -0.1) is 0 Å². The minimum Gasteiger partial charge on any atom is -0.481 e. The van der Waals surface area contributed by atoms with Crippen LogP contribution in [0.2, 0.25) is 0 Å². The first-order chi connectivity index (χ1) is 14.3. The molecule has 0 heterocycles. The van der Waals surface area contributed by atoms with E-state index in [1.807, 2.05) is 12.1 Å². The largest absolute Gasteiger partial charge is 0.481 e. The molecule has 0 amide bonds. The summed E-state index contributed by atoms with van der Waals surface area (Å²) in [5.74, 6) is -4.09. The van der Waals surface area contributed by atoms with Crippen LogP contribution in [0.25, 0.3) is 5.57 Å². The van der Waals surface area contributed by atoms with E-state index in [2.05, 4.69) is 53.3 Å².